The molecule has 0 aliphatic carbocycles. The molecule has 0 spiro atoms. The van der Waals surface area contributed by atoms with Crippen molar-refractivity contribution in [2.45, 2.75) is 0 Å². The summed E-state index contributed by atoms with van der Waals surface area (Å²) in [5.74, 6) is 0. The molecule has 21 heavy (non-hydrogen) atoms. The van der Waals surface area contributed by atoms with Gasteiger partial charge in [0.15, 0.2) is 5.69 Å². The summed E-state index contributed by atoms with van der Waals surface area (Å²) in [5.41, 5.74) is 3.54. The van der Waals surface area contributed by atoms with Crippen LogP contribution in [-0.4, -0.2) is 15.4 Å². The van der Waals surface area contributed by atoms with E-state index in [1.807, 2.05) is 36.4 Å². The highest BCUT2D eigenvalue weighted by atomic mass is 35.5. The lowest BCUT2D eigenvalue weighted by atomic mass is 10.0. The summed E-state index contributed by atoms with van der Waals surface area (Å²) in [5, 5.41) is 20.3. The van der Waals surface area contributed by atoms with Crippen LogP contribution < -0.4 is 0 Å². The molecule has 3 rings (SSSR count). The highest BCUT2D eigenvalue weighted by Crippen LogP contribution is 2.31. The van der Waals surface area contributed by atoms with E-state index in [1.54, 1.807) is 12.1 Å². The number of aromatic amines is 1. The molecule has 0 unspecified atom stereocenters. The molecular weight excluding hydrogens is 307 g/mol. The minimum absolute atomic E-state index is 0.340. The lowest BCUT2D eigenvalue weighted by molar-refractivity contribution is 0.937. The number of nitrogens with zero attached hydrogens (tertiary/aromatic N) is 3. The van der Waals surface area contributed by atoms with Gasteiger partial charge in [0.25, 0.3) is 0 Å². The number of H-pyrrole nitrogens is 1. The number of hydrogen-bond acceptors (Lipinski definition) is 3. The second kappa shape index (κ2) is 5.57. The Labute approximate surface area is 130 Å². The number of halogens is 2. The van der Waals surface area contributed by atoms with E-state index in [1.165, 1.54) is 0 Å². The highest BCUT2D eigenvalue weighted by molar-refractivity contribution is 6.36. The monoisotopic (exact) mass is 314 g/mol. The summed E-state index contributed by atoms with van der Waals surface area (Å²) in [6.07, 6.45) is 0. The molecule has 0 saturated heterocycles. The van der Waals surface area contributed by atoms with Gasteiger partial charge in [-0.3, -0.25) is 0 Å². The molecule has 2 aromatic carbocycles. The summed E-state index contributed by atoms with van der Waals surface area (Å²) >= 11 is 12.1. The molecule has 102 valence electrons. The first-order chi connectivity index (χ1) is 10.2. The van der Waals surface area contributed by atoms with Gasteiger partial charge in [-0.2, -0.15) is 5.26 Å². The number of nitriles is 1. The number of rotatable bonds is 2. The second-order valence-corrected chi connectivity index (χ2v) is 5.19. The highest BCUT2D eigenvalue weighted by Gasteiger charge is 2.10. The van der Waals surface area contributed by atoms with E-state index in [4.69, 9.17) is 28.5 Å². The Kier molecular flexibility index (Phi) is 3.61. The summed E-state index contributed by atoms with van der Waals surface area (Å²) in [4.78, 5) is 0. The molecule has 1 aromatic heterocycles. The van der Waals surface area contributed by atoms with Crippen LogP contribution in [0.15, 0.2) is 42.5 Å². The van der Waals surface area contributed by atoms with E-state index in [-0.39, 0.29) is 0 Å². The second-order valence-electron chi connectivity index (χ2n) is 4.35. The van der Waals surface area contributed by atoms with Gasteiger partial charge < -0.3 is 0 Å². The van der Waals surface area contributed by atoms with Crippen LogP contribution in [0.5, 0.6) is 0 Å². The lowest BCUT2D eigenvalue weighted by Gasteiger charge is -2.06. The van der Waals surface area contributed by atoms with E-state index in [0.717, 1.165) is 16.7 Å². The van der Waals surface area contributed by atoms with Crippen LogP contribution in [0, 0.1) is 11.3 Å². The summed E-state index contributed by atoms with van der Waals surface area (Å²) < 4.78 is 0. The molecule has 0 amide bonds. The quantitative estimate of drug-likeness (QED) is 0.766. The molecular formula is C15H8Cl2N4. The van der Waals surface area contributed by atoms with Crippen molar-refractivity contribution in [1.82, 2.24) is 15.4 Å². The van der Waals surface area contributed by atoms with Gasteiger partial charge in [0.1, 0.15) is 11.8 Å². The van der Waals surface area contributed by atoms with Gasteiger partial charge in [-0.25, -0.2) is 5.10 Å². The van der Waals surface area contributed by atoms with Crippen molar-refractivity contribution in [3.05, 3.63) is 58.2 Å². The maximum Gasteiger partial charge on any atom is 0.163 e. The Morgan fingerprint density at radius 3 is 2.38 bits per heavy atom. The van der Waals surface area contributed by atoms with Crippen molar-refractivity contribution in [3.8, 4) is 28.5 Å². The van der Waals surface area contributed by atoms with E-state index < -0.39 is 0 Å². The fraction of sp³-hybridized carbons (Fsp3) is 0. The van der Waals surface area contributed by atoms with Crippen molar-refractivity contribution >= 4 is 23.2 Å². The predicted molar refractivity (Wildman–Crippen MR) is 82.0 cm³/mol. The molecule has 0 aliphatic rings. The first-order valence-electron chi connectivity index (χ1n) is 6.06. The number of aromatic nitrogens is 3. The van der Waals surface area contributed by atoms with Crippen LogP contribution in [0.1, 0.15) is 5.69 Å². The van der Waals surface area contributed by atoms with Crippen LogP contribution in [0.2, 0.25) is 10.0 Å². The molecule has 0 fully saturated rings. The smallest absolute Gasteiger partial charge is 0.163 e. The minimum atomic E-state index is 0.340. The van der Waals surface area contributed by atoms with E-state index in [9.17, 15) is 0 Å². The average molecular weight is 315 g/mol. The SMILES string of the molecule is N#Cc1[nH]nnc1-c1ccc(-c2ccc(Cl)cc2Cl)cc1. The maximum atomic E-state index is 8.97. The zero-order valence-electron chi connectivity index (χ0n) is 10.6. The van der Waals surface area contributed by atoms with Gasteiger partial charge in [0.2, 0.25) is 0 Å². The largest absolute Gasteiger partial charge is 0.247 e. The molecule has 0 radical (unpaired) electrons. The van der Waals surface area contributed by atoms with Gasteiger partial charge in [-0.1, -0.05) is 58.7 Å². The topological polar surface area (TPSA) is 65.4 Å². The van der Waals surface area contributed by atoms with Gasteiger partial charge >= 0.3 is 0 Å². The Hall–Kier alpha value is -2.35. The molecule has 1 heterocycles. The zero-order valence-corrected chi connectivity index (χ0v) is 12.2. The molecule has 0 bridgehead atoms. The fourth-order valence-corrected chi connectivity index (χ4v) is 2.56. The van der Waals surface area contributed by atoms with Crippen LogP contribution in [0.4, 0.5) is 0 Å². The average Bonchev–Trinajstić information content (AvgIpc) is 2.96. The third-order valence-electron chi connectivity index (χ3n) is 3.06. The van der Waals surface area contributed by atoms with Crippen LogP contribution >= 0.6 is 23.2 Å². The third kappa shape index (κ3) is 2.62. The Morgan fingerprint density at radius 2 is 1.71 bits per heavy atom. The summed E-state index contributed by atoms with van der Waals surface area (Å²) in [6, 6.07) is 15.0. The standard InChI is InChI=1S/C15H8Cl2N4/c16-11-5-6-12(13(17)7-11)9-1-3-10(4-2-9)15-14(8-18)19-21-20-15/h1-7H,(H,19,20,21). The Balaban J connectivity index is 2.00. The van der Waals surface area contributed by atoms with Gasteiger partial charge in [-0.05, 0) is 17.7 Å². The van der Waals surface area contributed by atoms with Gasteiger partial charge in [0, 0.05) is 21.2 Å². The summed E-state index contributed by atoms with van der Waals surface area (Å²) in [6.45, 7) is 0. The molecule has 4 nitrogen and oxygen atoms in total. The van der Waals surface area contributed by atoms with Crippen LogP contribution in [0.25, 0.3) is 22.4 Å². The lowest BCUT2D eigenvalue weighted by Crippen LogP contribution is -1.84. The van der Waals surface area contributed by atoms with Crippen molar-refractivity contribution in [2.75, 3.05) is 0 Å². The van der Waals surface area contributed by atoms with E-state index in [0.29, 0.717) is 21.4 Å². The van der Waals surface area contributed by atoms with Crippen molar-refractivity contribution in [1.29, 1.82) is 5.26 Å². The van der Waals surface area contributed by atoms with Gasteiger partial charge in [0.05, 0.1) is 0 Å². The Morgan fingerprint density at radius 1 is 1.00 bits per heavy atom. The fourth-order valence-electron chi connectivity index (χ4n) is 2.04. The van der Waals surface area contributed by atoms with E-state index >= 15 is 0 Å². The van der Waals surface area contributed by atoms with Crippen molar-refractivity contribution in [2.24, 2.45) is 0 Å². The predicted octanol–water partition coefficient (Wildman–Crippen LogP) is 4.32. The van der Waals surface area contributed by atoms with Crippen molar-refractivity contribution in [3.63, 3.8) is 0 Å². The molecule has 0 aliphatic heterocycles. The minimum Gasteiger partial charge on any atom is -0.247 e. The number of hydrogen-bond donors (Lipinski definition) is 1. The molecule has 1 N–H and O–H groups in total. The first-order valence-corrected chi connectivity index (χ1v) is 6.81. The van der Waals surface area contributed by atoms with Crippen LogP contribution in [-0.2, 0) is 0 Å². The Bertz CT molecular complexity index is 832. The first kappa shape index (κ1) is 13.6. The third-order valence-corrected chi connectivity index (χ3v) is 3.61. The zero-order chi connectivity index (χ0) is 14.8. The van der Waals surface area contributed by atoms with Crippen molar-refractivity contribution < 1.29 is 0 Å². The molecule has 0 saturated carbocycles. The molecule has 3 aromatic rings. The number of nitrogens with one attached hydrogen (secondary N) is 1. The molecule has 6 heteroatoms. The van der Waals surface area contributed by atoms with Crippen LogP contribution in [0.3, 0.4) is 0 Å². The maximum absolute atomic E-state index is 8.97. The summed E-state index contributed by atoms with van der Waals surface area (Å²) in [7, 11) is 0. The normalized spacial score (nSPS) is 10.3. The van der Waals surface area contributed by atoms with E-state index in [2.05, 4.69) is 15.4 Å². The molecule has 0 atom stereocenters. The number of benzene rings is 2. The van der Waals surface area contributed by atoms with Gasteiger partial charge in [-0.15, -0.1) is 5.10 Å².